The first kappa shape index (κ1) is 31.0. The van der Waals surface area contributed by atoms with E-state index in [-0.39, 0.29) is 12.2 Å². The molecule has 11 heteroatoms. The SMILES string of the molecule is COc1ccc(CCN(C(=O)c2cnccn2)C(C(=O)NC(C)(C)C)c2cc(OC)c(OC)c(OC)c2)cc1OC. The quantitative estimate of drug-likeness (QED) is 0.348. The van der Waals surface area contributed by atoms with Gasteiger partial charge >= 0.3 is 0 Å². The molecule has 2 amide bonds. The van der Waals surface area contributed by atoms with Gasteiger partial charge in [-0.25, -0.2) is 4.98 Å². The molecular formula is C30H38N4O7. The number of hydrogen-bond donors (Lipinski definition) is 1. The predicted molar refractivity (Wildman–Crippen MR) is 153 cm³/mol. The Labute approximate surface area is 240 Å². The Hall–Kier alpha value is -4.54. The highest BCUT2D eigenvalue weighted by Gasteiger charge is 2.35. The zero-order valence-corrected chi connectivity index (χ0v) is 24.8. The third kappa shape index (κ3) is 7.56. The van der Waals surface area contributed by atoms with Crippen molar-refractivity contribution < 1.29 is 33.3 Å². The topological polar surface area (TPSA) is 121 Å². The summed E-state index contributed by atoms with van der Waals surface area (Å²) < 4.78 is 27.4. The van der Waals surface area contributed by atoms with Crippen LogP contribution in [0.1, 0.15) is 48.4 Å². The number of methoxy groups -OCH3 is 5. The van der Waals surface area contributed by atoms with Gasteiger partial charge in [0.05, 0.1) is 41.7 Å². The number of aromatic nitrogens is 2. The number of carbonyl (C=O) groups is 2. The summed E-state index contributed by atoms with van der Waals surface area (Å²) in [4.78, 5) is 37.8. The molecule has 41 heavy (non-hydrogen) atoms. The van der Waals surface area contributed by atoms with Gasteiger partial charge in [0.1, 0.15) is 11.7 Å². The Bertz CT molecular complexity index is 1320. The van der Waals surface area contributed by atoms with Crippen molar-refractivity contribution in [1.82, 2.24) is 20.2 Å². The van der Waals surface area contributed by atoms with Gasteiger partial charge in [-0.1, -0.05) is 6.07 Å². The van der Waals surface area contributed by atoms with Crippen molar-refractivity contribution in [2.75, 3.05) is 42.1 Å². The molecule has 220 valence electrons. The van der Waals surface area contributed by atoms with Crippen LogP contribution >= 0.6 is 0 Å². The predicted octanol–water partition coefficient (Wildman–Crippen LogP) is 3.86. The second-order valence-electron chi connectivity index (χ2n) is 10.1. The highest BCUT2D eigenvalue weighted by Crippen LogP contribution is 2.41. The average molecular weight is 567 g/mol. The van der Waals surface area contributed by atoms with Crippen molar-refractivity contribution in [2.45, 2.75) is 38.8 Å². The van der Waals surface area contributed by atoms with Gasteiger partial charge in [-0.2, -0.15) is 0 Å². The van der Waals surface area contributed by atoms with Gasteiger partial charge in [-0.3, -0.25) is 14.6 Å². The fourth-order valence-corrected chi connectivity index (χ4v) is 4.36. The highest BCUT2D eigenvalue weighted by molar-refractivity contribution is 5.96. The Balaban J connectivity index is 2.17. The molecule has 3 aromatic rings. The summed E-state index contributed by atoms with van der Waals surface area (Å²) in [5, 5.41) is 3.02. The molecule has 1 heterocycles. The van der Waals surface area contributed by atoms with Crippen LogP contribution in [0.25, 0.3) is 0 Å². The minimum atomic E-state index is -1.09. The van der Waals surface area contributed by atoms with Crippen LogP contribution in [0.2, 0.25) is 0 Å². The van der Waals surface area contributed by atoms with E-state index < -0.39 is 23.4 Å². The van der Waals surface area contributed by atoms with Gasteiger partial charge in [0, 0.05) is 24.5 Å². The van der Waals surface area contributed by atoms with Crippen LogP contribution in [0.3, 0.4) is 0 Å². The molecule has 0 saturated heterocycles. The Kier molecular flexibility index (Phi) is 10.3. The zero-order valence-electron chi connectivity index (χ0n) is 24.8. The van der Waals surface area contributed by atoms with Crippen LogP contribution in [0.5, 0.6) is 28.7 Å². The molecular weight excluding hydrogens is 528 g/mol. The molecule has 1 atom stereocenters. The van der Waals surface area contributed by atoms with Crippen molar-refractivity contribution in [2.24, 2.45) is 0 Å². The second kappa shape index (κ2) is 13.7. The maximum Gasteiger partial charge on any atom is 0.275 e. The number of benzene rings is 2. The Morgan fingerprint density at radius 2 is 1.49 bits per heavy atom. The monoisotopic (exact) mass is 566 g/mol. The molecule has 2 aromatic carbocycles. The van der Waals surface area contributed by atoms with E-state index in [0.717, 1.165) is 5.56 Å². The van der Waals surface area contributed by atoms with E-state index in [0.29, 0.717) is 40.7 Å². The molecule has 0 spiro atoms. The second-order valence-corrected chi connectivity index (χ2v) is 10.1. The number of hydrogen-bond acceptors (Lipinski definition) is 9. The van der Waals surface area contributed by atoms with Crippen molar-refractivity contribution >= 4 is 11.8 Å². The van der Waals surface area contributed by atoms with Gasteiger partial charge in [0.2, 0.25) is 11.7 Å². The van der Waals surface area contributed by atoms with Crippen LogP contribution < -0.4 is 29.0 Å². The minimum Gasteiger partial charge on any atom is -0.493 e. The number of ether oxygens (including phenoxy) is 5. The molecule has 0 aliphatic heterocycles. The summed E-state index contributed by atoms with van der Waals surface area (Å²) in [5.74, 6) is 1.35. The van der Waals surface area contributed by atoms with E-state index in [1.807, 2.05) is 32.9 Å². The first-order valence-corrected chi connectivity index (χ1v) is 13.0. The zero-order chi connectivity index (χ0) is 30.2. The lowest BCUT2D eigenvalue weighted by atomic mass is 9.99. The van der Waals surface area contributed by atoms with Crippen molar-refractivity contribution in [1.29, 1.82) is 0 Å². The molecule has 0 bridgehead atoms. The average Bonchev–Trinajstić information content (AvgIpc) is 2.97. The highest BCUT2D eigenvalue weighted by atomic mass is 16.5. The van der Waals surface area contributed by atoms with Crippen LogP contribution in [-0.4, -0.2) is 74.3 Å². The normalized spacial score (nSPS) is 11.7. The summed E-state index contributed by atoms with van der Waals surface area (Å²) in [7, 11) is 7.60. The molecule has 0 aliphatic carbocycles. The minimum absolute atomic E-state index is 0.0980. The molecule has 1 aromatic heterocycles. The largest absolute Gasteiger partial charge is 0.493 e. The van der Waals surface area contributed by atoms with Gasteiger partial charge in [0.25, 0.3) is 5.91 Å². The smallest absolute Gasteiger partial charge is 0.275 e. The van der Waals surface area contributed by atoms with Gasteiger partial charge in [-0.05, 0) is 62.6 Å². The summed E-state index contributed by atoms with van der Waals surface area (Å²) in [6.45, 7) is 5.77. The van der Waals surface area contributed by atoms with E-state index in [1.165, 1.54) is 44.8 Å². The van der Waals surface area contributed by atoms with E-state index in [9.17, 15) is 9.59 Å². The maximum atomic E-state index is 14.0. The molecule has 1 unspecified atom stereocenters. The van der Waals surface area contributed by atoms with Crippen molar-refractivity contribution in [3.63, 3.8) is 0 Å². The number of nitrogens with zero attached hydrogens (tertiary/aromatic N) is 3. The number of nitrogens with one attached hydrogen (secondary N) is 1. The van der Waals surface area contributed by atoms with Crippen molar-refractivity contribution in [3.8, 4) is 28.7 Å². The van der Waals surface area contributed by atoms with E-state index in [1.54, 1.807) is 32.4 Å². The van der Waals surface area contributed by atoms with Crippen LogP contribution in [-0.2, 0) is 11.2 Å². The third-order valence-electron chi connectivity index (χ3n) is 6.19. The van der Waals surface area contributed by atoms with Crippen molar-refractivity contribution in [3.05, 3.63) is 65.7 Å². The summed E-state index contributed by atoms with van der Waals surface area (Å²) in [6, 6.07) is 7.77. The summed E-state index contributed by atoms with van der Waals surface area (Å²) in [5.41, 5.74) is 0.853. The Morgan fingerprint density at radius 3 is 2.00 bits per heavy atom. The lowest BCUT2D eigenvalue weighted by Crippen LogP contribution is -2.50. The fourth-order valence-electron chi connectivity index (χ4n) is 4.36. The lowest BCUT2D eigenvalue weighted by Gasteiger charge is -2.34. The fraction of sp³-hybridized carbons (Fsp3) is 0.400. The van der Waals surface area contributed by atoms with Gasteiger partial charge in [0.15, 0.2) is 23.0 Å². The first-order valence-electron chi connectivity index (χ1n) is 13.0. The molecule has 0 fully saturated rings. The molecule has 3 rings (SSSR count). The number of rotatable bonds is 12. The van der Waals surface area contributed by atoms with E-state index >= 15 is 0 Å². The first-order chi connectivity index (χ1) is 19.6. The lowest BCUT2D eigenvalue weighted by molar-refractivity contribution is -0.127. The molecule has 0 saturated carbocycles. The Morgan fingerprint density at radius 1 is 0.854 bits per heavy atom. The number of amides is 2. The standard InChI is InChI=1S/C30H38N4O7/c1-30(2,3)33-28(35)26(20-16-24(39-6)27(41-8)25(17-20)40-7)34(29(36)21-18-31-12-13-32-21)14-11-19-9-10-22(37-4)23(15-19)38-5/h9-10,12-13,15-18,26H,11,14H2,1-8H3,(H,33,35). The van der Waals surface area contributed by atoms with Crippen LogP contribution in [0.15, 0.2) is 48.9 Å². The molecule has 0 aliphatic rings. The summed E-state index contributed by atoms with van der Waals surface area (Å²) >= 11 is 0. The summed E-state index contributed by atoms with van der Waals surface area (Å²) in [6.07, 6.45) is 4.69. The number of carbonyl (C=O) groups excluding carboxylic acids is 2. The molecule has 11 nitrogen and oxygen atoms in total. The molecule has 0 radical (unpaired) electrons. The van der Waals surface area contributed by atoms with Gasteiger partial charge in [-0.15, -0.1) is 0 Å². The van der Waals surface area contributed by atoms with Crippen LogP contribution in [0, 0.1) is 0 Å². The van der Waals surface area contributed by atoms with E-state index in [2.05, 4.69) is 15.3 Å². The van der Waals surface area contributed by atoms with Gasteiger partial charge < -0.3 is 33.9 Å². The third-order valence-corrected chi connectivity index (χ3v) is 6.19. The van der Waals surface area contributed by atoms with Crippen LogP contribution in [0.4, 0.5) is 0 Å². The maximum absolute atomic E-state index is 14.0. The van der Waals surface area contributed by atoms with E-state index in [4.69, 9.17) is 23.7 Å². The molecule has 1 N–H and O–H groups in total.